The number of aryl methyl sites for hydroxylation is 1. The average molecular weight is 465 g/mol. The van der Waals surface area contributed by atoms with Crippen LogP contribution < -0.4 is 15.5 Å². The summed E-state index contributed by atoms with van der Waals surface area (Å²) in [7, 11) is 0. The van der Waals surface area contributed by atoms with Crippen molar-refractivity contribution >= 4 is 29.1 Å². The van der Waals surface area contributed by atoms with E-state index in [1.165, 1.54) is 6.07 Å². The Hall–Kier alpha value is -4.08. The maximum atomic E-state index is 13.9. The molecule has 174 valence electrons. The third-order valence-corrected chi connectivity index (χ3v) is 6.25. The molecule has 0 aliphatic carbocycles. The second-order valence-corrected chi connectivity index (χ2v) is 8.38. The third-order valence-electron chi connectivity index (χ3n) is 6.25. The molecule has 0 bridgehead atoms. The Kier molecular flexibility index (Phi) is 5.15. The van der Waals surface area contributed by atoms with E-state index >= 15 is 0 Å². The summed E-state index contributed by atoms with van der Waals surface area (Å²) in [5.41, 5.74) is 8.16. The molecule has 0 saturated carbocycles. The zero-order valence-electron chi connectivity index (χ0n) is 18.3. The monoisotopic (exact) mass is 465 g/mol. The second kappa shape index (κ2) is 8.05. The Morgan fingerprint density at radius 2 is 1.74 bits per heavy atom. The number of aromatic nitrogens is 2. The van der Waals surface area contributed by atoms with E-state index in [0.717, 1.165) is 34.5 Å². The Morgan fingerprint density at radius 1 is 0.971 bits per heavy atom. The maximum absolute atomic E-state index is 13.9. The Morgan fingerprint density at radius 3 is 2.38 bits per heavy atom. The predicted octanol–water partition coefficient (Wildman–Crippen LogP) is 2.89. The summed E-state index contributed by atoms with van der Waals surface area (Å²) < 4.78 is 28.5. The van der Waals surface area contributed by atoms with E-state index in [-0.39, 0.29) is 29.5 Å². The largest absolute Gasteiger partial charge is 0.364 e. The molecule has 0 atom stereocenters. The SMILES string of the molecule is Cc1cc(N2CCCC2=O)ccc1N1CCc2c(C(N)=O)nn(-c3ccc(F)c(F)c3)c2C1=O. The molecule has 0 radical (unpaired) electrons. The molecule has 3 amide bonds. The molecular weight excluding hydrogens is 444 g/mol. The molecule has 1 fully saturated rings. The number of hydrogen-bond acceptors (Lipinski definition) is 4. The number of hydrogen-bond donors (Lipinski definition) is 1. The van der Waals surface area contributed by atoms with Crippen LogP contribution in [-0.4, -0.2) is 40.6 Å². The number of nitrogens with zero attached hydrogens (tertiary/aromatic N) is 4. The highest BCUT2D eigenvalue weighted by atomic mass is 19.2. The molecule has 0 unspecified atom stereocenters. The first-order valence-corrected chi connectivity index (χ1v) is 10.9. The van der Waals surface area contributed by atoms with Gasteiger partial charge in [-0.25, -0.2) is 13.5 Å². The number of rotatable bonds is 4. The number of fused-ring (bicyclic) bond motifs is 1. The fourth-order valence-electron chi connectivity index (χ4n) is 4.62. The third kappa shape index (κ3) is 3.42. The van der Waals surface area contributed by atoms with Crippen LogP contribution in [0.25, 0.3) is 5.69 Å². The molecule has 10 heteroatoms. The van der Waals surface area contributed by atoms with Gasteiger partial charge in [-0.1, -0.05) is 0 Å². The van der Waals surface area contributed by atoms with Crippen LogP contribution in [0.3, 0.4) is 0 Å². The summed E-state index contributed by atoms with van der Waals surface area (Å²) >= 11 is 0. The molecule has 3 heterocycles. The van der Waals surface area contributed by atoms with Gasteiger partial charge in [0.2, 0.25) is 5.91 Å². The van der Waals surface area contributed by atoms with Crippen LogP contribution in [0.4, 0.5) is 20.2 Å². The first-order chi connectivity index (χ1) is 16.3. The highest BCUT2D eigenvalue weighted by Crippen LogP contribution is 2.33. The van der Waals surface area contributed by atoms with Crippen molar-refractivity contribution in [2.45, 2.75) is 26.2 Å². The van der Waals surface area contributed by atoms with Gasteiger partial charge in [0, 0.05) is 42.5 Å². The van der Waals surface area contributed by atoms with E-state index in [1.54, 1.807) is 21.9 Å². The highest BCUT2D eigenvalue weighted by molar-refractivity contribution is 6.10. The minimum Gasteiger partial charge on any atom is -0.364 e. The number of carbonyl (C=O) groups excluding carboxylic acids is 3. The summed E-state index contributed by atoms with van der Waals surface area (Å²) in [5.74, 6) is -3.33. The van der Waals surface area contributed by atoms with Gasteiger partial charge in [0.25, 0.3) is 11.8 Å². The molecule has 2 aliphatic heterocycles. The molecule has 2 aliphatic rings. The fourth-order valence-corrected chi connectivity index (χ4v) is 4.62. The van der Waals surface area contributed by atoms with Gasteiger partial charge in [0.05, 0.1) is 5.69 Å². The van der Waals surface area contributed by atoms with Crippen molar-refractivity contribution in [1.29, 1.82) is 0 Å². The van der Waals surface area contributed by atoms with E-state index < -0.39 is 23.4 Å². The number of primary amides is 1. The molecule has 1 aromatic heterocycles. The molecule has 34 heavy (non-hydrogen) atoms. The lowest BCUT2D eigenvalue weighted by Gasteiger charge is -2.29. The zero-order valence-corrected chi connectivity index (χ0v) is 18.3. The number of amides is 3. The minimum absolute atomic E-state index is 0.0697. The van der Waals surface area contributed by atoms with Gasteiger partial charge in [-0.3, -0.25) is 14.4 Å². The standard InChI is InChI=1S/C24H21F2N5O3/c1-13-11-14(29-9-2-3-20(29)32)5-7-19(13)30-10-8-16-21(23(27)33)28-31(22(16)24(30)34)15-4-6-17(25)18(26)12-15/h4-7,11-12H,2-3,8-10H2,1H3,(H2,27,33). The Labute approximate surface area is 193 Å². The van der Waals surface area contributed by atoms with Crippen LogP contribution in [0.2, 0.25) is 0 Å². The number of benzene rings is 2. The van der Waals surface area contributed by atoms with Crippen molar-refractivity contribution in [1.82, 2.24) is 9.78 Å². The lowest BCUT2D eigenvalue weighted by Crippen LogP contribution is -2.39. The van der Waals surface area contributed by atoms with Crippen LogP contribution in [0.1, 0.15) is 44.9 Å². The van der Waals surface area contributed by atoms with Gasteiger partial charge < -0.3 is 15.5 Å². The van der Waals surface area contributed by atoms with Crippen molar-refractivity contribution in [3.05, 3.63) is 70.5 Å². The number of halogens is 2. The van der Waals surface area contributed by atoms with E-state index in [9.17, 15) is 23.2 Å². The van der Waals surface area contributed by atoms with Crippen molar-refractivity contribution in [2.24, 2.45) is 5.73 Å². The fraction of sp³-hybridized carbons (Fsp3) is 0.250. The topological polar surface area (TPSA) is 102 Å². The highest BCUT2D eigenvalue weighted by Gasteiger charge is 2.35. The van der Waals surface area contributed by atoms with Crippen molar-refractivity contribution in [3.8, 4) is 5.69 Å². The summed E-state index contributed by atoms with van der Waals surface area (Å²) in [6.45, 7) is 2.79. The lowest BCUT2D eigenvalue weighted by molar-refractivity contribution is -0.117. The first-order valence-electron chi connectivity index (χ1n) is 10.9. The predicted molar refractivity (Wildman–Crippen MR) is 120 cm³/mol. The number of nitrogens with two attached hydrogens (primary N) is 1. The van der Waals surface area contributed by atoms with Crippen LogP contribution in [0.5, 0.6) is 0 Å². The average Bonchev–Trinajstić information content (AvgIpc) is 3.40. The van der Waals surface area contributed by atoms with Gasteiger partial charge in [-0.2, -0.15) is 5.10 Å². The van der Waals surface area contributed by atoms with Crippen molar-refractivity contribution in [3.63, 3.8) is 0 Å². The molecular formula is C24H21F2N5O3. The van der Waals surface area contributed by atoms with Crippen LogP contribution in [0.15, 0.2) is 36.4 Å². The lowest BCUT2D eigenvalue weighted by atomic mass is 10.0. The summed E-state index contributed by atoms with van der Waals surface area (Å²) in [6.07, 6.45) is 1.63. The maximum Gasteiger partial charge on any atom is 0.277 e. The van der Waals surface area contributed by atoms with Crippen molar-refractivity contribution in [2.75, 3.05) is 22.9 Å². The molecule has 0 spiro atoms. The smallest absolute Gasteiger partial charge is 0.277 e. The van der Waals surface area contributed by atoms with E-state index in [2.05, 4.69) is 5.10 Å². The molecule has 1 saturated heterocycles. The zero-order chi connectivity index (χ0) is 24.1. The van der Waals surface area contributed by atoms with Gasteiger partial charge in [0.1, 0.15) is 5.69 Å². The molecule has 5 rings (SSSR count). The van der Waals surface area contributed by atoms with Gasteiger partial charge in [-0.05, 0) is 55.7 Å². The van der Waals surface area contributed by atoms with E-state index in [0.29, 0.717) is 30.6 Å². The first kappa shape index (κ1) is 21.7. The number of carbonyl (C=O) groups is 3. The Bertz CT molecular complexity index is 1370. The van der Waals surface area contributed by atoms with Crippen LogP contribution in [-0.2, 0) is 11.2 Å². The van der Waals surface area contributed by atoms with Crippen LogP contribution in [0, 0.1) is 18.6 Å². The molecule has 8 nitrogen and oxygen atoms in total. The molecule has 3 aromatic rings. The van der Waals surface area contributed by atoms with E-state index in [4.69, 9.17) is 5.73 Å². The normalized spacial score (nSPS) is 15.7. The van der Waals surface area contributed by atoms with Gasteiger partial charge in [-0.15, -0.1) is 0 Å². The molecule has 2 aromatic carbocycles. The minimum atomic E-state index is -1.11. The van der Waals surface area contributed by atoms with Crippen LogP contribution >= 0.6 is 0 Å². The summed E-state index contributed by atoms with van der Waals surface area (Å²) in [5, 5.41) is 4.17. The van der Waals surface area contributed by atoms with Gasteiger partial charge in [0.15, 0.2) is 17.3 Å². The molecule has 2 N–H and O–H groups in total. The summed E-state index contributed by atoms with van der Waals surface area (Å²) in [6, 6.07) is 8.56. The quantitative estimate of drug-likeness (QED) is 0.640. The van der Waals surface area contributed by atoms with E-state index in [1.807, 2.05) is 13.0 Å². The van der Waals surface area contributed by atoms with Crippen molar-refractivity contribution < 1.29 is 23.2 Å². The second-order valence-electron chi connectivity index (χ2n) is 8.38. The number of anilines is 2. The Balaban J connectivity index is 1.56. The summed E-state index contributed by atoms with van der Waals surface area (Å²) in [4.78, 5) is 41.0. The van der Waals surface area contributed by atoms with Gasteiger partial charge >= 0.3 is 0 Å².